The number of nitrogens with zero attached hydrogens (tertiary/aromatic N) is 1. The van der Waals surface area contributed by atoms with Gasteiger partial charge in [-0.1, -0.05) is 58.4 Å². The number of fused-ring (bicyclic) bond motifs is 1. The Hall–Kier alpha value is -2.53. The first kappa shape index (κ1) is 15.4. The van der Waals surface area contributed by atoms with E-state index in [1.54, 1.807) is 30.3 Å². The molecule has 0 radical (unpaired) electrons. The van der Waals surface area contributed by atoms with Crippen LogP contribution in [0.25, 0.3) is 10.9 Å². The fraction of sp³-hybridized carbons (Fsp3) is 0.0556. The van der Waals surface area contributed by atoms with Crippen LogP contribution in [0.15, 0.2) is 65.1 Å². The van der Waals surface area contributed by atoms with E-state index >= 15 is 0 Å². The van der Waals surface area contributed by atoms with E-state index in [4.69, 9.17) is 4.74 Å². The topological polar surface area (TPSA) is 56.3 Å². The number of carbonyl (C=O) groups excluding carboxylic acids is 2. The van der Waals surface area contributed by atoms with Gasteiger partial charge in [0.05, 0.1) is 5.52 Å². The predicted octanol–water partition coefficient (Wildman–Crippen LogP) is 4.04. The van der Waals surface area contributed by atoms with Gasteiger partial charge in [0.25, 0.3) is 0 Å². The molecule has 0 amide bonds. The third-order valence-electron chi connectivity index (χ3n) is 3.32. The van der Waals surface area contributed by atoms with Crippen LogP contribution in [0.3, 0.4) is 0 Å². The number of pyridine rings is 1. The Morgan fingerprint density at radius 1 is 0.957 bits per heavy atom. The van der Waals surface area contributed by atoms with Gasteiger partial charge in [-0.2, -0.15) is 0 Å². The minimum absolute atomic E-state index is 0.184. The fourth-order valence-corrected chi connectivity index (χ4v) is 2.66. The Balaban J connectivity index is 1.71. The van der Waals surface area contributed by atoms with E-state index < -0.39 is 5.97 Å². The van der Waals surface area contributed by atoms with Gasteiger partial charge in [0, 0.05) is 15.4 Å². The van der Waals surface area contributed by atoms with E-state index in [0.29, 0.717) is 15.6 Å². The predicted molar refractivity (Wildman–Crippen MR) is 90.5 cm³/mol. The average molecular weight is 370 g/mol. The number of hydrogen-bond donors (Lipinski definition) is 0. The lowest BCUT2D eigenvalue weighted by Crippen LogP contribution is -2.15. The normalized spacial score (nSPS) is 10.5. The summed E-state index contributed by atoms with van der Waals surface area (Å²) in [5.74, 6) is -0.886. The van der Waals surface area contributed by atoms with E-state index in [-0.39, 0.29) is 18.1 Å². The lowest BCUT2D eigenvalue weighted by Gasteiger charge is -2.06. The summed E-state index contributed by atoms with van der Waals surface area (Å²) in [6.45, 7) is -0.323. The van der Waals surface area contributed by atoms with Gasteiger partial charge in [-0.25, -0.2) is 9.78 Å². The van der Waals surface area contributed by atoms with Crippen molar-refractivity contribution in [1.82, 2.24) is 4.98 Å². The van der Waals surface area contributed by atoms with Crippen LogP contribution in [0.5, 0.6) is 0 Å². The summed E-state index contributed by atoms with van der Waals surface area (Å²) in [4.78, 5) is 28.4. The quantitative estimate of drug-likeness (QED) is 0.514. The maximum absolute atomic E-state index is 12.1. The Morgan fingerprint density at radius 3 is 2.52 bits per heavy atom. The largest absolute Gasteiger partial charge is 0.453 e. The molecule has 1 heterocycles. The fourth-order valence-electron chi connectivity index (χ4n) is 2.15. The molecule has 0 aliphatic heterocycles. The Bertz CT molecular complexity index is 892. The third kappa shape index (κ3) is 3.46. The number of Topliss-reactive ketones (excluding diaryl/α,β-unsaturated/α-hetero) is 1. The molecule has 0 aliphatic carbocycles. The van der Waals surface area contributed by atoms with Crippen LogP contribution in [0, 0.1) is 0 Å². The maximum atomic E-state index is 12.1. The van der Waals surface area contributed by atoms with Crippen LogP contribution in [-0.4, -0.2) is 23.3 Å². The first-order valence-corrected chi connectivity index (χ1v) is 7.75. The molecule has 1 aromatic heterocycles. The van der Waals surface area contributed by atoms with E-state index in [1.165, 1.54) is 0 Å². The summed E-state index contributed by atoms with van der Waals surface area (Å²) >= 11 is 3.30. The highest BCUT2D eigenvalue weighted by Gasteiger charge is 2.15. The minimum Gasteiger partial charge on any atom is -0.453 e. The van der Waals surface area contributed by atoms with Crippen molar-refractivity contribution in [3.8, 4) is 0 Å². The lowest BCUT2D eigenvalue weighted by molar-refractivity contribution is 0.0469. The van der Waals surface area contributed by atoms with Crippen molar-refractivity contribution in [3.63, 3.8) is 0 Å². The van der Waals surface area contributed by atoms with Crippen molar-refractivity contribution < 1.29 is 14.3 Å². The molecule has 0 atom stereocenters. The Morgan fingerprint density at radius 2 is 1.70 bits per heavy atom. The summed E-state index contributed by atoms with van der Waals surface area (Å²) in [5, 5.41) is 0.938. The van der Waals surface area contributed by atoms with E-state index in [2.05, 4.69) is 20.9 Å². The summed E-state index contributed by atoms with van der Waals surface area (Å²) in [7, 11) is 0. The van der Waals surface area contributed by atoms with Crippen molar-refractivity contribution in [3.05, 3.63) is 76.4 Å². The number of carbonyl (C=O) groups is 2. The van der Waals surface area contributed by atoms with E-state index in [9.17, 15) is 9.59 Å². The number of para-hydroxylation sites is 1. The van der Waals surface area contributed by atoms with Crippen LogP contribution in [0.1, 0.15) is 20.8 Å². The zero-order valence-corrected chi connectivity index (χ0v) is 13.6. The highest BCUT2D eigenvalue weighted by Crippen LogP contribution is 2.17. The van der Waals surface area contributed by atoms with Crippen molar-refractivity contribution in [2.45, 2.75) is 0 Å². The van der Waals surface area contributed by atoms with Gasteiger partial charge in [0.2, 0.25) is 5.78 Å². The van der Waals surface area contributed by atoms with Gasteiger partial charge in [-0.3, -0.25) is 4.79 Å². The summed E-state index contributed by atoms with van der Waals surface area (Å²) in [5.41, 5.74) is 1.37. The second-order valence-corrected chi connectivity index (χ2v) is 5.72. The van der Waals surface area contributed by atoms with Gasteiger partial charge in [-0.05, 0) is 18.2 Å². The summed E-state index contributed by atoms with van der Waals surface area (Å²) in [6, 6.07) is 17.9. The first-order valence-electron chi connectivity index (χ1n) is 6.96. The van der Waals surface area contributed by atoms with Crippen LogP contribution in [-0.2, 0) is 4.74 Å². The molecule has 114 valence electrons. The van der Waals surface area contributed by atoms with Crippen LogP contribution in [0.2, 0.25) is 0 Å². The standard InChI is InChI=1S/C18H12BrNO3/c19-14-7-3-2-6-13(14)17(21)11-23-18(22)16-10-9-12-5-1-4-8-15(12)20-16/h1-10H,11H2. The van der Waals surface area contributed by atoms with Crippen molar-refractivity contribution >= 4 is 38.6 Å². The number of hydrogen-bond acceptors (Lipinski definition) is 4. The zero-order chi connectivity index (χ0) is 16.2. The molecular formula is C18H12BrNO3. The van der Waals surface area contributed by atoms with E-state index in [0.717, 1.165) is 5.39 Å². The lowest BCUT2D eigenvalue weighted by atomic mass is 10.1. The van der Waals surface area contributed by atoms with Crippen LogP contribution >= 0.6 is 15.9 Å². The molecule has 4 nitrogen and oxygen atoms in total. The number of esters is 1. The smallest absolute Gasteiger partial charge is 0.357 e. The average Bonchev–Trinajstić information content (AvgIpc) is 2.59. The van der Waals surface area contributed by atoms with Crippen molar-refractivity contribution in [2.75, 3.05) is 6.61 Å². The van der Waals surface area contributed by atoms with Gasteiger partial charge in [0.1, 0.15) is 5.69 Å². The molecule has 3 aromatic rings. The number of ketones is 1. The highest BCUT2D eigenvalue weighted by molar-refractivity contribution is 9.10. The molecule has 0 N–H and O–H groups in total. The van der Waals surface area contributed by atoms with Crippen LogP contribution in [0.4, 0.5) is 0 Å². The molecule has 0 unspecified atom stereocenters. The molecule has 0 saturated heterocycles. The van der Waals surface area contributed by atoms with E-state index in [1.807, 2.05) is 30.3 Å². The Labute approximate surface area is 141 Å². The van der Waals surface area contributed by atoms with Gasteiger partial charge >= 0.3 is 5.97 Å². The highest BCUT2D eigenvalue weighted by atomic mass is 79.9. The minimum atomic E-state index is -0.615. The monoisotopic (exact) mass is 369 g/mol. The molecule has 0 bridgehead atoms. The third-order valence-corrected chi connectivity index (χ3v) is 4.01. The molecule has 0 spiro atoms. The van der Waals surface area contributed by atoms with Gasteiger partial charge < -0.3 is 4.74 Å². The molecule has 5 heteroatoms. The molecule has 2 aromatic carbocycles. The molecule has 3 rings (SSSR count). The number of halogens is 1. The zero-order valence-electron chi connectivity index (χ0n) is 12.0. The van der Waals surface area contributed by atoms with Crippen molar-refractivity contribution in [2.24, 2.45) is 0 Å². The molecule has 23 heavy (non-hydrogen) atoms. The second kappa shape index (κ2) is 6.71. The van der Waals surface area contributed by atoms with Crippen LogP contribution < -0.4 is 0 Å². The number of ether oxygens (including phenoxy) is 1. The number of aromatic nitrogens is 1. The number of rotatable bonds is 4. The van der Waals surface area contributed by atoms with Gasteiger partial charge in [-0.15, -0.1) is 0 Å². The Kier molecular flexibility index (Phi) is 4.48. The van der Waals surface area contributed by atoms with Crippen molar-refractivity contribution in [1.29, 1.82) is 0 Å². The molecular weight excluding hydrogens is 358 g/mol. The van der Waals surface area contributed by atoms with Gasteiger partial charge in [0.15, 0.2) is 6.61 Å². The first-order chi connectivity index (χ1) is 11.1. The number of benzene rings is 2. The molecule has 0 saturated carbocycles. The SMILES string of the molecule is O=C(OCC(=O)c1ccccc1Br)c1ccc2ccccc2n1. The second-order valence-electron chi connectivity index (χ2n) is 4.87. The maximum Gasteiger partial charge on any atom is 0.357 e. The summed E-state index contributed by atoms with van der Waals surface area (Å²) < 4.78 is 5.75. The molecule has 0 aliphatic rings. The molecule has 0 fully saturated rings. The summed E-state index contributed by atoms with van der Waals surface area (Å²) in [6.07, 6.45) is 0.